The first-order chi connectivity index (χ1) is 9.01. The van der Waals surface area contributed by atoms with E-state index in [2.05, 4.69) is 24.1 Å². The molecule has 4 heteroatoms. The van der Waals surface area contributed by atoms with Crippen LogP contribution < -0.4 is 5.32 Å². The van der Waals surface area contributed by atoms with Crippen molar-refractivity contribution >= 4 is 5.97 Å². The molecule has 1 saturated heterocycles. The lowest BCUT2D eigenvalue weighted by molar-refractivity contribution is -0.147. The molecule has 0 aromatic rings. The molecule has 0 aromatic heterocycles. The number of likely N-dealkylation sites (N-methyl/N-ethyl adjacent to an activating group) is 1. The highest BCUT2D eigenvalue weighted by Gasteiger charge is 2.52. The van der Waals surface area contributed by atoms with Gasteiger partial charge in [0.1, 0.15) is 5.54 Å². The molecular weight excluding hydrogens is 240 g/mol. The van der Waals surface area contributed by atoms with Crippen LogP contribution in [0.15, 0.2) is 0 Å². The summed E-state index contributed by atoms with van der Waals surface area (Å²) in [5.41, 5.74) is -0.716. The fraction of sp³-hybridized carbons (Fsp3) is 0.933. The van der Waals surface area contributed by atoms with Crippen LogP contribution in [0.4, 0.5) is 0 Å². The lowest BCUT2D eigenvalue weighted by Gasteiger charge is -2.38. The van der Waals surface area contributed by atoms with E-state index in [0.29, 0.717) is 24.4 Å². The summed E-state index contributed by atoms with van der Waals surface area (Å²) in [5.74, 6) is 0.263. The van der Waals surface area contributed by atoms with Gasteiger partial charge in [-0.2, -0.15) is 0 Å². The Morgan fingerprint density at radius 3 is 2.58 bits per heavy atom. The Balaban J connectivity index is 2.13. The molecule has 2 fully saturated rings. The smallest absolute Gasteiger partial charge is 0.325 e. The summed E-state index contributed by atoms with van der Waals surface area (Å²) in [5, 5.41) is 13.1. The lowest BCUT2D eigenvalue weighted by Crippen LogP contribution is -2.61. The molecule has 2 unspecified atom stereocenters. The van der Waals surface area contributed by atoms with Crippen LogP contribution in [0, 0.1) is 11.8 Å². The average molecular weight is 268 g/mol. The second kappa shape index (κ2) is 5.80. The first-order valence-corrected chi connectivity index (χ1v) is 7.73. The zero-order valence-electron chi connectivity index (χ0n) is 12.5. The second-order valence-electron chi connectivity index (χ2n) is 6.51. The van der Waals surface area contributed by atoms with Crippen molar-refractivity contribution in [2.45, 2.75) is 58.0 Å². The van der Waals surface area contributed by atoms with Crippen LogP contribution >= 0.6 is 0 Å². The maximum absolute atomic E-state index is 11.9. The van der Waals surface area contributed by atoms with Crippen LogP contribution in [-0.4, -0.2) is 47.2 Å². The summed E-state index contributed by atoms with van der Waals surface area (Å²) in [6.45, 7) is 8.94. The topological polar surface area (TPSA) is 52.6 Å². The van der Waals surface area contributed by atoms with Crippen molar-refractivity contribution in [3.8, 4) is 0 Å². The van der Waals surface area contributed by atoms with E-state index in [1.165, 1.54) is 12.8 Å². The van der Waals surface area contributed by atoms with Crippen LogP contribution in [-0.2, 0) is 4.79 Å². The fourth-order valence-electron chi connectivity index (χ4n) is 3.66. The number of carboxylic acids is 1. The van der Waals surface area contributed by atoms with Crippen molar-refractivity contribution in [1.82, 2.24) is 10.2 Å². The molecule has 0 amide bonds. The van der Waals surface area contributed by atoms with E-state index in [4.69, 9.17) is 0 Å². The van der Waals surface area contributed by atoms with Gasteiger partial charge in [-0.05, 0) is 50.6 Å². The van der Waals surface area contributed by atoms with Crippen molar-refractivity contribution in [2.24, 2.45) is 11.8 Å². The number of carboxylic acid groups (broad SMARTS) is 1. The Morgan fingerprint density at radius 2 is 2.11 bits per heavy atom. The second-order valence-corrected chi connectivity index (χ2v) is 6.51. The Bertz CT molecular complexity index is 328. The number of aliphatic carboxylic acids is 1. The monoisotopic (exact) mass is 268 g/mol. The van der Waals surface area contributed by atoms with Crippen molar-refractivity contribution in [3.05, 3.63) is 0 Å². The minimum absolute atomic E-state index is 0.318. The van der Waals surface area contributed by atoms with Gasteiger partial charge < -0.3 is 10.4 Å². The Kier molecular flexibility index (Phi) is 4.51. The molecule has 0 aromatic carbocycles. The van der Waals surface area contributed by atoms with Gasteiger partial charge in [0.25, 0.3) is 0 Å². The van der Waals surface area contributed by atoms with E-state index in [0.717, 1.165) is 25.9 Å². The van der Waals surface area contributed by atoms with Crippen molar-refractivity contribution < 1.29 is 9.90 Å². The van der Waals surface area contributed by atoms with Gasteiger partial charge in [0.05, 0.1) is 0 Å². The molecule has 0 spiro atoms. The van der Waals surface area contributed by atoms with Crippen LogP contribution in [0.2, 0.25) is 0 Å². The van der Waals surface area contributed by atoms with Crippen LogP contribution in [0.3, 0.4) is 0 Å². The molecule has 4 nitrogen and oxygen atoms in total. The minimum Gasteiger partial charge on any atom is -0.480 e. The molecule has 1 aliphatic heterocycles. The highest BCUT2D eigenvalue weighted by molar-refractivity contribution is 5.80. The van der Waals surface area contributed by atoms with E-state index in [-0.39, 0.29) is 0 Å². The normalized spacial score (nSPS) is 27.7. The third-order valence-corrected chi connectivity index (χ3v) is 4.78. The van der Waals surface area contributed by atoms with Crippen LogP contribution in [0.1, 0.15) is 46.5 Å². The first kappa shape index (κ1) is 14.8. The molecular formula is C15H28N2O2. The van der Waals surface area contributed by atoms with Gasteiger partial charge in [0.2, 0.25) is 0 Å². The standard InChI is InChI=1S/C15H28N2O2/c1-4-16-15(14(18)19,12-7-8-12)10-17-9-5-6-13(17)11(2)3/h11-13,16H,4-10H2,1-3H3,(H,18,19). The average Bonchev–Trinajstić information content (AvgIpc) is 3.09. The van der Waals surface area contributed by atoms with Gasteiger partial charge in [0, 0.05) is 12.6 Å². The van der Waals surface area contributed by atoms with E-state index in [1.807, 2.05) is 6.92 Å². The molecule has 2 aliphatic rings. The molecule has 0 radical (unpaired) electrons. The zero-order valence-corrected chi connectivity index (χ0v) is 12.5. The third-order valence-electron chi connectivity index (χ3n) is 4.78. The van der Waals surface area contributed by atoms with E-state index < -0.39 is 11.5 Å². The quantitative estimate of drug-likeness (QED) is 0.741. The predicted molar refractivity (Wildman–Crippen MR) is 76.2 cm³/mol. The first-order valence-electron chi connectivity index (χ1n) is 7.73. The molecule has 0 bridgehead atoms. The lowest BCUT2D eigenvalue weighted by atomic mass is 9.91. The predicted octanol–water partition coefficient (Wildman–Crippen LogP) is 1.95. The van der Waals surface area contributed by atoms with Gasteiger partial charge in [-0.25, -0.2) is 0 Å². The SMILES string of the molecule is CCNC(CN1CCCC1C(C)C)(C(=O)O)C1CC1. The Hall–Kier alpha value is -0.610. The minimum atomic E-state index is -0.716. The summed E-state index contributed by atoms with van der Waals surface area (Å²) < 4.78 is 0. The molecule has 110 valence electrons. The van der Waals surface area contributed by atoms with E-state index in [1.54, 1.807) is 0 Å². The fourth-order valence-corrected chi connectivity index (χ4v) is 3.66. The molecule has 1 aliphatic carbocycles. The number of rotatable bonds is 7. The van der Waals surface area contributed by atoms with Gasteiger partial charge in [-0.15, -0.1) is 0 Å². The molecule has 2 N–H and O–H groups in total. The maximum Gasteiger partial charge on any atom is 0.325 e. The van der Waals surface area contributed by atoms with E-state index >= 15 is 0 Å². The maximum atomic E-state index is 11.9. The summed E-state index contributed by atoms with van der Waals surface area (Å²) >= 11 is 0. The molecule has 19 heavy (non-hydrogen) atoms. The Morgan fingerprint density at radius 1 is 1.42 bits per heavy atom. The zero-order chi connectivity index (χ0) is 14.0. The molecule has 2 atom stereocenters. The third kappa shape index (κ3) is 2.95. The molecule has 1 saturated carbocycles. The number of hydrogen-bond donors (Lipinski definition) is 2. The molecule has 2 rings (SSSR count). The molecule has 1 heterocycles. The van der Waals surface area contributed by atoms with E-state index in [9.17, 15) is 9.90 Å². The number of carbonyl (C=O) groups is 1. The number of nitrogens with zero attached hydrogens (tertiary/aromatic N) is 1. The summed E-state index contributed by atoms with van der Waals surface area (Å²) in [6, 6.07) is 0.552. The van der Waals surface area contributed by atoms with Gasteiger partial charge in [-0.3, -0.25) is 9.69 Å². The van der Waals surface area contributed by atoms with Gasteiger partial charge in [0.15, 0.2) is 0 Å². The summed E-state index contributed by atoms with van der Waals surface area (Å²) in [6.07, 6.45) is 4.53. The van der Waals surface area contributed by atoms with Crippen LogP contribution in [0.5, 0.6) is 0 Å². The van der Waals surface area contributed by atoms with Gasteiger partial charge in [-0.1, -0.05) is 20.8 Å². The number of hydrogen-bond acceptors (Lipinski definition) is 3. The van der Waals surface area contributed by atoms with Crippen molar-refractivity contribution in [3.63, 3.8) is 0 Å². The number of nitrogens with one attached hydrogen (secondary N) is 1. The van der Waals surface area contributed by atoms with Crippen LogP contribution in [0.25, 0.3) is 0 Å². The number of likely N-dealkylation sites (tertiary alicyclic amines) is 1. The largest absolute Gasteiger partial charge is 0.480 e. The highest BCUT2D eigenvalue weighted by atomic mass is 16.4. The van der Waals surface area contributed by atoms with Crippen molar-refractivity contribution in [1.29, 1.82) is 0 Å². The Labute approximate surface area is 116 Å². The van der Waals surface area contributed by atoms with Gasteiger partial charge >= 0.3 is 5.97 Å². The highest BCUT2D eigenvalue weighted by Crippen LogP contribution is 2.41. The van der Waals surface area contributed by atoms with Crippen molar-refractivity contribution in [2.75, 3.05) is 19.6 Å². The summed E-state index contributed by atoms with van der Waals surface area (Å²) in [4.78, 5) is 14.3. The summed E-state index contributed by atoms with van der Waals surface area (Å²) in [7, 11) is 0.